The number of furan rings is 1. The second-order valence-electron chi connectivity index (χ2n) is 4.42. The Balaban J connectivity index is 1.93. The minimum atomic E-state index is -0.249. The molecule has 19 heavy (non-hydrogen) atoms. The topological polar surface area (TPSA) is 71.5 Å². The van der Waals surface area contributed by atoms with E-state index in [2.05, 4.69) is 10.3 Å². The van der Waals surface area contributed by atoms with E-state index in [1.54, 1.807) is 6.07 Å². The number of carbonyl (C=O) groups excluding carboxylic acids is 1. The summed E-state index contributed by atoms with van der Waals surface area (Å²) in [6, 6.07) is 7.66. The van der Waals surface area contributed by atoms with Crippen molar-refractivity contribution in [2.75, 3.05) is 7.05 Å². The first-order valence-corrected chi connectivity index (χ1v) is 6.73. The lowest BCUT2D eigenvalue weighted by Crippen LogP contribution is -2.29. The molecule has 0 spiro atoms. The summed E-state index contributed by atoms with van der Waals surface area (Å²) in [5, 5.41) is 0. The number of aryl methyl sites for hydroxylation is 1. The zero-order valence-corrected chi connectivity index (χ0v) is 11.8. The molecular weight excluding hydrogens is 262 g/mol. The summed E-state index contributed by atoms with van der Waals surface area (Å²) < 4.78 is 5.53. The number of amides is 1. The number of nitrogens with zero attached hydrogens (tertiary/aromatic N) is 1. The van der Waals surface area contributed by atoms with Gasteiger partial charge in [-0.3, -0.25) is 15.1 Å². The molecule has 0 radical (unpaired) electrons. The van der Waals surface area contributed by atoms with Gasteiger partial charge in [0, 0.05) is 11.4 Å². The monoisotopic (exact) mass is 279 g/mol. The zero-order chi connectivity index (χ0) is 13.8. The van der Waals surface area contributed by atoms with Gasteiger partial charge in [-0.2, -0.15) is 0 Å². The van der Waals surface area contributed by atoms with Crippen molar-refractivity contribution < 1.29 is 9.21 Å². The van der Waals surface area contributed by atoms with E-state index in [4.69, 9.17) is 10.3 Å². The molecule has 3 N–H and O–H groups in total. The van der Waals surface area contributed by atoms with E-state index < -0.39 is 0 Å². The van der Waals surface area contributed by atoms with E-state index in [1.165, 1.54) is 11.3 Å². The van der Waals surface area contributed by atoms with Crippen LogP contribution in [0.3, 0.4) is 0 Å². The fourth-order valence-electron chi connectivity index (χ4n) is 1.81. The standard InChI is InChI=1S/C13H17N3O2S/c1-9-3-4-10(18-9)7-16(2)8-11-5-6-12(19-11)13(17)15-14/h3-6H,7-8,14H2,1-2H3,(H,15,17). The molecule has 5 nitrogen and oxygen atoms in total. The van der Waals surface area contributed by atoms with Gasteiger partial charge in [0.1, 0.15) is 11.5 Å². The summed E-state index contributed by atoms with van der Waals surface area (Å²) in [5.41, 5.74) is 2.13. The van der Waals surface area contributed by atoms with Crippen molar-refractivity contribution >= 4 is 17.2 Å². The highest BCUT2D eigenvalue weighted by Gasteiger charge is 2.10. The Kier molecular flexibility index (Phi) is 4.36. The van der Waals surface area contributed by atoms with E-state index in [9.17, 15) is 4.79 Å². The Hall–Kier alpha value is -1.63. The number of hydrazine groups is 1. The fraction of sp³-hybridized carbons (Fsp3) is 0.308. The Labute approximate surface area is 116 Å². The Morgan fingerprint density at radius 2 is 2.16 bits per heavy atom. The molecule has 0 atom stereocenters. The minimum Gasteiger partial charge on any atom is -0.465 e. The summed E-state index contributed by atoms with van der Waals surface area (Å²) in [4.78, 5) is 15.2. The molecule has 2 heterocycles. The summed E-state index contributed by atoms with van der Waals surface area (Å²) >= 11 is 1.45. The molecule has 1 amide bonds. The predicted octanol–water partition coefficient (Wildman–Crippen LogP) is 1.89. The highest BCUT2D eigenvalue weighted by molar-refractivity contribution is 7.14. The third-order valence-electron chi connectivity index (χ3n) is 2.66. The van der Waals surface area contributed by atoms with E-state index in [1.807, 2.05) is 32.2 Å². The zero-order valence-electron chi connectivity index (χ0n) is 11.0. The van der Waals surface area contributed by atoms with Crippen LogP contribution in [-0.4, -0.2) is 17.9 Å². The van der Waals surface area contributed by atoms with Gasteiger partial charge < -0.3 is 4.42 Å². The second-order valence-corrected chi connectivity index (χ2v) is 5.59. The van der Waals surface area contributed by atoms with Crippen molar-refractivity contribution in [1.29, 1.82) is 0 Å². The highest BCUT2D eigenvalue weighted by atomic mass is 32.1. The minimum absolute atomic E-state index is 0.249. The molecule has 2 aromatic rings. The molecule has 0 saturated heterocycles. The predicted molar refractivity (Wildman–Crippen MR) is 74.6 cm³/mol. The van der Waals surface area contributed by atoms with Crippen molar-refractivity contribution in [3.63, 3.8) is 0 Å². The first-order chi connectivity index (χ1) is 9.08. The number of thiophene rings is 1. The van der Waals surface area contributed by atoms with Crippen molar-refractivity contribution in [2.45, 2.75) is 20.0 Å². The third-order valence-corrected chi connectivity index (χ3v) is 3.73. The maximum absolute atomic E-state index is 11.4. The molecular formula is C13H17N3O2S. The summed E-state index contributed by atoms with van der Waals surface area (Å²) in [7, 11) is 2.01. The van der Waals surface area contributed by atoms with Crippen LogP contribution in [0.4, 0.5) is 0 Å². The summed E-state index contributed by atoms with van der Waals surface area (Å²) in [6.45, 7) is 3.44. The molecule has 0 aromatic carbocycles. The molecule has 0 fully saturated rings. The van der Waals surface area contributed by atoms with Gasteiger partial charge >= 0.3 is 0 Å². The lowest BCUT2D eigenvalue weighted by molar-refractivity contribution is 0.0957. The Morgan fingerprint density at radius 3 is 2.79 bits per heavy atom. The second kappa shape index (κ2) is 6.01. The van der Waals surface area contributed by atoms with E-state index in [-0.39, 0.29) is 5.91 Å². The van der Waals surface area contributed by atoms with Gasteiger partial charge in [-0.15, -0.1) is 11.3 Å². The highest BCUT2D eigenvalue weighted by Crippen LogP contribution is 2.19. The lowest BCUT2D eigenvalue weighted by Gasteiger charge is -2.13. The summed E-state index contributed by atoms with van der Waals surface area (Å²) in [6.07, 6.45) is 0. The van der Waals surface area contributed by atoms with Crippen LogP contribution in [0, 0.1) is 6.92 Å². The van der Waals surface area contributed by atoms with Crippen LogP contribution in [0.15, 0.2) is 28.7 Å². The van der Waals surface area contributed by atoms with Crippen molar-refractivity contribution in [3.8, 4) is 0 Å². The lowest BCUT2D eigenvalue weighted by atomic mass is 10.3. The molecule has 6 heteroatoms. The van der Waals surface area contributed by atoms with Crippen LogP contribution in [0.5, 0.6) is 0 Å². The molecule has 0 unspecified atom stereocenters. The van der Waals surface area contributed by atoms with Gasteiger partial charge in [0.2, 0.25) is 0 Å². The molecule has 0 saturated carbocycles. The first-order valence-electron chi connectivity index (χ1n) is 5.92. The van der Waals surface area contributed by atoms with Crippen LogP contribution in [0.2, 0.25) is 0 Å². The van der Waals surface area contributed by atoms with Crippen LogP contribution < -0.4 is 11.3 Å². The Morgan fingerprint density at radius 1 is 1.37 bits per heavy atom. The molecule has 0 aliphatic rings. The Bertz CT molecular complexity index is 562. The largest absolute Gasteiger partial charge is 0.465 e. The van der Waals surface area contributed by atoms with Crippen LogP contribution in [0.1, 0.15) is 26.1 Å². The molecule has 2 aromatic heterocycles. The molecule has 2 rings (SSSR count). The van der Waals surface area contributed by atoms with Crippen LogP contribution in [0.25, 0.3) is 0 Å². The fourth-order valence-corrected chi connectivity index (χ4v) is 2.81. The van der Waals surface area contributed by atoms with E-state index in [0.29, 0.717) is 4.88 Å². The van der Waals surface area contributed by atoms with Gasteiger partial charge in [-0.05, 0) is 38.2 Å². The number of nitrogen functional groups attached to an aromatic ring is 1. The third kappa shape index (κ3) is 3.66. The number of carbonyl (C=O) groups is 1. The van der Waals surface area contributed by atoms with Gasteiger partial charge in [0.05, 0.1) is 11.4 Å². The smallest absolute Gasteiger partial charge is 0.275 e. The van der Waals surface area contributed by atoms with Crippen molar-refractivity contribution in [2.24, 2.45) is 5.84 Å². The van der Waals surface area contributed by atoms with Crippen LogP contribution in [-0.2, 0) is 13.1 Å². The SMILES string of the molecule is Cc1ccc(CN(C)Cc2ccc(C(=O)NN)s2)o1. The first kappa shape index (κ1) is 13.8. The number of hydrogen-bond donors (Lipinski definition) is 2. The maximum atomic E-state index is 11.4. The quantitative estimate of drug-likeness (QED) is 0.498. The van der Waals surface area contributed by atoms with E-state index >= 15 is 0 Å². The van der Waals surface area contributed by atoms with Crippen molar-refractivity contribution in [3.05, 3.63) is 45.5 Å². The van der Waals surface area contributed by atoms with Gasteiger partial charge in [-0.25, -0.2) is 5.84 Å². The molecule has 102 valence electrons. The van der Waals surface area contributed by atoms with Gasteiger partial charge in [-0.1, -0.05) is 0 Å². The average Bonchev–Trinajstić information content (AvgIpc) is 2.98. The van der Waals surface area contributed by atoms with Gasteiger partial charge in [0.25, 0.3) is 5.91 Å². The normalized spacial score (nSPS) is 10.9. The number of nitrogens with two attached hydrogens (primary N) is 1. The average molecular weight is 279 g/mol. The molecule has 0 bridgehead atoms. The number of hydrogen-bond acceptors (Lipinski definition) is 5. The summed E-state index contributed by atoms with van der Waals surface area (Å²) in [5.74, 6) is 6.71. The van der Waals surface area contributed by atoms with Gasteiger partial charge in [0.15, 0.2) is 0 Å². The maximum Gasteiger partial charge on any atom is 0.275 e. The van der Waals surface area contributed by atoms with E-state index in [0.717, 1.165) is 29.5 Å². The van der Waals surface area contributed by atoms with Crippen LogP contribution >= 0.6 is 11.3 Å². The number of nitrogens with one attached hydrogen (secondary N) is 1. The molecule has 0 aliphatic carbocycles. The number of rotatable bonds is 5. The molecule has 0 aliphatic heterocycles. The van der Waals surface area contributed by atoms with Crippen molar-refractivity contribution in [1.82, 2.24) is 10.3 Å².